The number of benzene rings is 1. The fourth-order valence-corrected chi connectivity index (χ4v) is 3.04. The van der Waals surface area contributed by atoms with Gasteiger partial charge in [-0.3, -0.25) is 0 Å². The van der Waals surface area contributed by atoms with Crippen LogP contribution in [0.1, 0.15) is 19.3 Å². The van der Waals surface area contributed by atoms with E-state index in [4.69, 9.17) is 10.5 Å². The topological polar surface area (TPSA) is 50.5 Å². The quantitative estimate of drug-likeness (QED) is 0.871. The fourth-order valence-electron chi connectivity index (χ4n) is 3.04. The van der Waals surface area contributed by atoms with Crippen LogP contribution in [-0.2, 0) is 4.74 Å². The minimum atomic E-state index is 0.369. The van der Waals surface area contributed by atoms with Crippen LogP contribution in [0.5, 0.6) is 0 Å². The number of ether oxygens (including phenoxy) is 1. The first kappa shape index (κ1) is 12.8. The molecule has 0 bridgehead atoms. The van der Waals surface area contributed by atoms with E-state index in [1.165, 1.54) is 17.8 Å². The molecule has 3 N–H and O–H groups in total. The summed E-state index contributed by atoms with van der Waals surface area (Å²) in [5.74, 6) is 0. The molecule has 2 atom stereocenters. The zero-order valence-electron chi connectivity index (χ0n) is 11.3. The van der Waals surface area contributed by atoms with Gasteiger partial charge in [-0.1, -0.05) is 12.1 Å². The molecule has 0 spiro atoms. The van der Waals surface area contributed by atoms with Crippen molar-refractivity contribution in [2.24, 2.45) is 5.73 Å². The number of para-hydroxylation sites is 2. The Morgan fingerprint density at radius 3 is 2.68 bits per heavy atom. The van der Waals surface area contributed by atoms with Gasteiger partial charge in [0.1, 0.15) is 0 Å². The molecule has 1 aliphatic heterocycles. The highest BCUT2D eigenvalue weighted by Crippen LogP contribution is 2.29. The number of nitrogens with two attached hydrogens (primary N) is 1. The van der Waals surface area contributed by atoms with E-state index in [0.29, 0.717) is 12.1 Å². The monoisotopic (exact) mass is 261 g/mol. The number of anilines is 2. The molecule has 4 nitrogen and oxygen atoms in total. The van der Waals surface area contributed by atoms with Gasteiger partial charge in [-0.25, -0.2) is 0 Å². The average molecular weight is 261 g/mol. The van der Waals surface area contributed by atoms with Crippen molar-refractivity contribution in [3.05, 3.63) is 24.3 Å². The third-order valence-electron chi connectivity index (χ3n) is 4.09. The van der Waals surface area contributed by atoms with E-state index in [-0.39, 0.29) is 0 Å². The minimum absolute atomic E-state index is 0.369. The summed E-state index contributed by atoms with van der Waals surface area (Å²) in [4.78, 5) is 2.40. The summed E-state index contributed by atoms with van der Waals surface area (Å²) >= 11 is 0. The molecule has 1 aromatic rings. The van der Waals surface area contributed by atoms with Crippen molar-refractivity contribution in [1.82, 2.24) is 0 Å². The molecule has 0 aromatic heterocycles. The molecule has 1 aromatic carbocycles. The molecule has 2 fully saturated rings. The predicted octanol–water partition coefficient (Wildman–Crippen LogP) is 1.81. The van der Waals surface area contributed by atoms with Crippen LogP contribution in [0.2, 0.25) is 0 Å². The lowest BCUT2D eigenvalue weighted by atomic mass is 10.2. The largest absolute Gasteiger partial charge is 0.381 e. The van der Waals surface area contributed by atoms with Crippen LogP contribution in [0, 0.1) is 0 Å². The zero-order chi connectivity index (χ0) is 13.1. The standard InChI is InChI=1S/C15H23N3O/c16-12-5-6-13(11-12)17-14-3-1-2-4-15(14)18-7-9-19-10-8-18/h1-4,12-13,17H,5-11,16H2. The maximum absolute atomic E-state index is 5.99. The van der Waals surface area contributed by atoms with Crippen LogP contribution in [0.3, 0.4) is 0 Å². The first-order chi connectivity index (χ1) is 9.33. The molecule has 0 amide bonds. The first-order valence-electron chi connectivity index (χ1n) is 7.27. The number of morpholine rings is 1. The number of hydrogen-bond donors (Lipinski definition) is 2. The fraction of sp³-hybridized carbons (Fsp3) is 0.600. The smallest absolute Gasteiger partial charge is 0.0642 e. The molecule has 1 saturated carbocycles. The summed E-state index contributed by atoms with van der Waals surface area (Å²) in [6, 6.07) is 9.47. The Bertz CT molecular complexity index is 418. The second kappa shape index (κ2) is 5.80. The van der Waals surface area contributed by atoms with Gasteiger partial charge >= 0.3 is 0 Å². The van der Waals surface area contributed by atoms with Crippen LogP contribution < -0.4 is 16.0 Å². The van der Waals surface area contributed by atoms with Crippen molar-refractivity contribution in [3.8, 4) is 0 Å². The minimum Gasteiger partial charge on any atom is -0.381 e. The molecule has 1 heterocycles. The molecular formula is C15H23N3O. The van der Waals surface area contributed by atoms with Crippen LogP contribution in [-0.4, -0.2) is 38.4 Å². The van der Waals surface area contributed by atoms with E-state index < -0.39 is 0 Å². The van der Waals surface area contributed by atoms with Gasteiger partial charge in [0.25, 0.3) is 0 Å². The van der Waals surface area contributed by atoms with Crippen LogP contribution in [0.4, 0.5) is 11.4 Å². The molecule has 1 aliphatic carbocycles. The Hall–Kier alpha value is -1.26. The maximum Gasteiger partial charge on any atom is 0.0642 e. The molecule has 3 rings (SSSR count). The van der Waals surface area contributed by atoms with Gasteiger partial charge in [-0.15, -0.1) is 0 Å². The lowest BCUT2D eigenvalue weighted by Gasteiger charge is -2.31. The lowest BCUT2D eigenvalue weighted by molar-refractivity contribution is 0.123. The van der Waals surface area contributed by atoms with Gasteiger partial charge in [0, 0.05) is 25.2 Å². The number of hydrogen-bond acceptors (Lipinski definition) is 4. The highest BCUT2D eigenvalue weighted by atomic mass is 16.5. The zero-order valence-corrected chi connectivity index (χ0v) is 11.3. The van der Waals surface area contributed by atoms with E-state index in [9.17, 15) is 0 Å². The van der Waals surface area contributed by atoms with E-state index in [1.54, 1.807) is 0 Å². The van der Waals surface area contributed by atoms with E-state index in [1.807, 2.05) is 0 Å². The van der Waals surface area contributed by atoms with Crippen LogP contribution >= 0.6 is 0 Å². The summed E-state index contributed by atoms with van der Waals surface area (Å²) in [5.41, 5.74) is 8.53. The highest BCUT2D eigenvalue weighted by molar-refractivity contribution is 5.70. The number of nitrogens with zero attached hydrogens (tertiary/aromatic N) is 1. The van der Waals surface area contributed by atoms with Crippen LogP contribution in [0.15, 0.2) is 24.3 Å². The first-order valence-corrected chi connectivity index (χ1v) is 7.27. The molecule has 2 aliphatic rings. The summed E-state index contributed by atoms with van der Waals surface area (Å²) in [6.07, 6.45) is 3.40. The molecule has 19 heavy (non-hydrogen) atoms. The van der Waals surface area contributed by atoms with Gasteiger partial charge in [-0.2, -0.15) is 0 Å². The highest BCUT2D eigenvalue weighted by Gasteiger charge is 2.23. The van der Waals surface area contributed by atoms with Crippen molar-refractivity contribution < 1.29 is 4.74 Å². The van der Waals surface area contributed by atoms with Gasteiger partial charge in [0.15, 0.2) is 0 Å². The van der Waals surface area contributed by atoms with Gasteiger partial charge in [0.05, 0.1) is 24.6 Å². The number of nitrogens with one attached hydrogen (secondary N) is 1. The molecule has 4 heteroatoms. The lowest BCUT2D eigenvalue weighted by Crippen LogP contribution is -2.36. The van der Waals surface area contributed by atoms with Crippen molar-refractivity contribution in [1.29, 1.82) is 0 Å². The summed E-state index contributed by atoms with van der Waals surface area (Å²) < 4.78 is 5.43. The Labute approximate surface area is 114 Å². The SMILES string of the molecule is NC1CCC(Nc2ccccc2N2CCOCC2)C1. The third kappa shape index (κ3) is 3.01. The van der Waals surface area contributed by atoms with E-state index in [2.05, 4.69) is 34.5 Å². The number of rotatable bonds is 3. The predicted molar refractivity (Wildman–Crippen MR) is 78.7 cm³/mol. The Kier molecular flexibility index (Phi) is 3.89. The van der Waals surface area contributed by atoms with E-state index >= 15 is 0 Å². The van der Waals surface area contributed by atoms with Gasteiger partial charge < -0.3 is 20.7 Å². The van der Waals surface area contributed by atoms with Crippen molar-refractivity contribution in [2.45, 2.75) is 31.3 Å². The molecule has 0 radical (unpaired) electrons. The van der Waals surface area contributed by atoms with Gasteiger partial charge in [-0.05, 0) is 31.4 Å². The second-order valence-corrected chi connectivity index (χ2v) is 5.53. The normalized spacial score (nSPS) is 27.5. The molecule has 104 valence electrons. The van der Waals surface area contributed by atoms with Crippen molar-refractivity contribution in [2.75, 3.05) is 36.5 Å². The molecular weight excluding hydrogens is 238 g/mol. The summed E-state index contributed by atoms with van der Waals surface area (Å²) in [5, 5.41) is 3.67. The van der Waals surface area contributed by atoms with Crippen molar-refractivity contribution >= 4 is 11.4 Å². The molecule has 2 unspecified atom stereocenters. The Morgan fingerprint density at radius 1 is 1.16 bits per heavy atom. The van der Waals surface area contributed by atoms with Gasteiger partial charge in [0.2, 0.25) is 0 Å². The van der Waals surface area contributed by atoms with E-state index in [0.717, 1.165) is 39.1 Å². The Morgan fingerprint density at radius 2 is 1.95 bits per heavy atom. The average Bonchev–Trinajstić information content (AvgIpc) is 2.86. The third-order valence-corrected chi connectivity index (χ3v) is 4.09. The summed E-state index contributed by atoms with van der Waals surface area (Å²) in [7, 11) is 0. The Balaban J connectivity index is 1.73. The summed E-state index contributed by atoms with van der Waals surface area (Å²) in [6.45, 7) is 3.59. The van der Waals surface area contributed by atoms with Crippen molar-refractivity contribution in [3.63, 3.8) is 0 Å². The second-order valence-electron chi connectivity index (χ2n) is 5.53. The van der Waals surface area contributed by atoms with Crippen LogP contribution in [0.25, 0.3) is 0 Å². The maximum atomic E-state index is 5.99. The molecule has 1 saturated heterocycles.